The van der Waals surface area contributed by atoms with Crippen molar-refractivity contribution < 1.29 is 19.4 Å². The molecule has 138 valence electrons. The van der Waals surface area contributed by atoms with Crippen LogP contribution in [0.1, 0.15) is 22.8 Å². The number of likely N-dealkylation sites (N-methyl/N-ethyl adjacent to an activating group) is 1. The number of aromatic carboxylic acids is 1. The Kier molecular flexibility index (Phi) is 5.61. The van der Waals surface area contributed by atoms with Crippen LogP contribution in [0.4, 0.5) is 5.69 Å². The summed E-state index contributed by atoms with van der Waals surface area (Å²) in [6.45, 7) is 2.38. The number of aliphatic imine (C=N–C) groups is 1. The lowest BCUT2D eigenvalue weighted by molar-refractivity contribution is -0.122. The van der Waals surface area contributed by atoms with Crippen molar-refractivity contribution in [2.24, 2.45) is 4.99 Å². The Balaban J connectivity index is 1.89. The number of nitrogens with zero attached hydrogens (tertiary/aromatic N) is 2. The summed E-state index contributed by atoms with van der Waals surface area (Å²) in [4.78, 5) is 30.3. The van der Waals surface area contributed by atoms with Gasteiger partial charge in [0.15, 0.2) is 5.17 Å². The summed E-state index contributed by atoms with van der Waals surface area (Å²) in [7, 11) is 1.60. The first kappa shape index (κ1) is 18.7. The number of rotatable bonds is 5. The number of thioether (sulfide) groups is 1. The van der Waals surface area contributed by atoms with Gasteiger partial charge in [-0.2, -0.15) is 0 Å². The molecule has 0 aromatic heterocycles. The second kappa shape index (κ2) is 8.09. The predicted octanol–water partition coefficient (Wildman–Crippen LogP) is 4.02. The zero-order valence-electron chi connectivity index (χ0n) is 14.9. The molecule has 27 heavy (non-hydrogen) atoms. The summed E-state index contributed by atoms with van der Waals surface area (Å²) >= 11 is 1.30. The third-order valence-corrected chi connectivity index (χ3v) is 4.94. The van der Waals surface area contributed by atoms with Crippen LogP contribution in [0.2, 0.25) is 0 Å². The summed E-state index contributed by atoms with van der Waals surface area (Å²) in [5.74, 6) is -0.371. The van der Waals surface area contributed by atoms with E-state index in [4.69, 9.17) is 9.84 Å². The molecule has 1 amide bonds. The van der Waals surface area contributed by atoms with Crippen LogP contribution in [0, 0.1) is 0 Å². The predicted molar refractivity (Wildman–Crippen MR) is 106 cm³/mol. The van der Waals surface area contributed by atoms with Gasteiger partial charge in [0.25, 0.3) is 5.91 Å². The maximum Gasteiger partial charge on any atom is 0.335 e. The maximum absolute atomic E-state index is 12.7. The Labute approximate surface area is 161 Å². The molecule has 1 saturated heterocycles. The highest BCUT2D eigenvalue weighted by Crippen LogP contribution is 2.34. The number of ether oxygens (including phenoxy) is 1. The number of carbonyl (C=O) groups is 2. The summed E-state index contributed by atoms with van der Waals surface area (Å²) in [6, 6.07) is 13.7. The minimum Gasteiger partial charge on any atom is -0.497 e. The van der Waals surface area contributed by atoms with Crippen LogP contribution in [0.3, 0.4) is 0 Å². The van der Waals surface area contributed by atoms with Crippen molar-refractivity contribution >= 4 is 40.6 Å². The molecule has 3 rings (SSSR count). The summed E-state index contributed by atoms with van der Waals surface area (Å²) in [5, 5.41) is 9.55. The average molecular weight is 382 g/mol. The third-order valence-electron chi connectivity index (χ3n) is 3.93. The molecule has 0 radical (unpaired) electrons. The highest BCUT2D eigenvalue weighted by molar-refractivity contribution is 8.18. The third kappa shape index (κ3) is 4.20. The number of methoxy groups -OCH3 is 1. The fourth-order valence-electron chi connectivity index (χ4n) is 2.54. The van der Waals surface area contributed by atoms with Crippen LogP contribution in [0.5, 0.6) is 5.75 Å². The van der Waals surface area contributed by atoms with E-state index in [1.54, 1.807) is 24.1 Å². The number of carboxylic acid groups (broad SMARTS) is 1. The molecular weight excluding hydrogens is 364 g/mol. The van der Waals surface area contributed by atoms with E-state index in [2.05, 4.69) is 4.99 Å². The minimum absolute atomic E-state index is 0.105. The van der Waals surface area contributed by atoms with Crippen LogP contribution < -0.4 is 4.74 Å². The van der Waals surface area contributed by atoms with Crippen LogP contribution in [0.15, 0.2) is 58.4 Å². The molecule has 6 nitrogen and oxygen atoms in total. The van der Waals surface area contributed by atoms with Gasteiger partial charge >= 0.3 is 5.97 Å². The molecule has 1 aliphatic heterocycles. The van der Waals surface area contributed by atoms with Gasteiger partial charge in [0.2, 0.25) is 0 Å². The first-order valence-electron chi connectivity index (χ1n) is 8.29. The lowest BCUT2D eigenvalue weighted by Gasteiger charge is -2.12. The number of carbonyl (C=O) groups excluding carboxylic acids is 1. The molecule has 0 bridgehead atoms. The van der Waals surface area contributed by atoms with Crippen molar-refractivity contribution in [1.82, 2.24) is 4.90 Å². The maximum atomic E-state index is 12.7. The summed E-state index contributed by atoms with van der Waals surface area (Å²) in [5.41, 5.74) is 1.66. The average Bonchev–Trinajstić information content (AvgIpc) is 2.96. The fourth-order valence-corrected chi connectivity index (χ4v) is 3.60. The number of carboxylic acids is 1. The van der Waals surface area contributed by atoms with Gasteiger partial charge in [-0.3, -0.25) is 9.69 Å². The molecule has 7 heteroatoms. The quantitative estimate of drug-likeness (QED) is 0.790. The van der Waals surface area contributed by atoms with Crippen molar-refractivity contribution in [3.63, 3.8) is 0 Å². The van der Waals surface area contributed by atoms with Gasteiger partial charge in [0.05, 0.1) is 23.3 Å². The lowest BCUT2D eigenvalue weighted by atomic mass is 10.2. The molecule has 2 aromatic carbocycles. The largest absolute Gasteiger partial charge is 0.497 e. The standard InChI is InChI=1S/C20H18N2O4S/c1-3-22-18(23)17(12-13-5-4-6-16(11-13)26-2)27-20(22)21-15-9-7-14(8-10-15)19(24)25/h4-12H,3H2,1-2H3,(H,24,25)/b17-12-,21-20?. The molecular formula is C20H18N2O4S. The van der Waals surface area contributed by atoms with Crippen molar-refractivity contribution in [2.75, 3.05) is 13.7 Å². The van der Waals surface area contributed by atoms with E-state index in [9.17, 15) is 9.59 Å². The van der Waals surface area contributed by atoms with E-state index < -0.39 is 5.97 Å². The van der Waals surface area contributed by atoms with Gasteiger partial charge in [-0.25, -0.2) is 9.79 Å². The van der Waals surface area contributed by atoms with E-state index in [-0.39, 0.29) is 11.5 Å². The van der Waals surface area contributed by atoms with Crippen LogP contribution in [-0.2, 0) is 4.79 Å². The number of hydrogen-bond donors (Lipinski definition) is 1. The Morgan fingerprint density at radius 3 is 2.63 bits per heavy atom. The molecule has 1 N–H and O–H groups in total. The van der Waals surface area contributed by atoms with Crippen LogP contribution in [-0.4, -0.2) is 40.7 Å². The number of hydrogen-bond acceptors (Lipinski definition) is 5. The van der Waals surface area contributed by atoms with Crippen molar-refractivity contribution in [2.45, 2.75) is 6.92 Å². The van der Waals surface area contributed by atoms with Crippen LogP contribution >= 0.6 is 11.8 Å². The fraction of sp³-hybridized carbons (Fsp3) is 0.150. The van der Waals surface area contributed by atoms with E-state index in [0.29, 0.717) is 22.3 Å². The van der Waals surface area contributed by atoms with Gasteiger partial charge in [-0.15, -0.1) is 0 Å². The number of amides is 1. The molecule has 2 aromatic rings. The van der Waals surface area contributed by atoms with Crippen LogP contribution in [0.25, 0.3) is 6.08 Å². The van der Waals surface area contributed by atoms with E-state index in [1.807, 2.05) is 37.3 Å². The van der Waals surface area contributed by atoms with E-state index >= 15 is 0 Å². The van der Waals surface area contributed by atoms with Crippen molar-refractivity contribution in [3.05, 3.63) is 64.6 Å². The zero-order valence-corrected chi connectivity index (χ0v) is 15.7. The zero-order chi connectivity index (χ0) is 19.4. The van der Waals surface area contributed by atoms with E-state index in [0.717, 1.165) is 11.3 Å². The van der Waals surface area contributed by atoms with Crippen molar-refractivity contribution in [3.8, 4) is 5.75 Å². The molecule has 0 aliphatic carbocycles. The Morgan fingerprint density at radius 2 is 2.00 bits per heavy atom. The van der Waals surface area contributed by atoms with Gasteiger partial charge in [-0.1, -0.05) is 12.1 Å². The van der Waals surface area contributed by atoms with E-state index in [1.165, 1.54) is 23.9 Å². The summed E-state index contributed by atoms with van der Waals surface area (Å²) < 4.78 is 5.22. The second-order valence-corrected chi connectivity index (χ2v) is 6.69. The first-order valence-corrected chi connectivity index (χ1v) is 9.11. The monoisotopic (exact) mass is 382 g/mol. The second-order valence-electron chi connectivity index (χ2n) is 5.68. The molecule has 0 saturated carbocycles. The van der Waals surface area contributed by atoms with Gasteiger partial charge < -0.3 is 9.84 Å². The normalized spacial score (nSPS) is 17.0. The SMILES string of the molecule is CCN1C(=O)/C(=C/c2cccc(OC)c2)SC1=Nc1ccc(C(=O)O)cc1. The molecule has 0 spiro atoms. The lowest BCUT2D eigenvalue weighted by Crippen LogP contribution is -2.28. The smallest absolute Gasteiger partial charge is 0.335 e. The molecule has 0 atom stereocenters. The molecule has 1 heterocycles. The highest BCUT2D eigenvalue weighted by atomic mass is 32.2. The highest BCUT2D eigenvalue weighted by Gasteiger charge is 2.32. The molecule has 0 unspecified atom stereocenters. The minimum atomic E-state index is -0.988. The Hall–Kier alpha value is -3.06. The van der Waals surface area contributed by atoms with Gasteiger partial charge in [-0.05, 0) is 66.7 Å². The molecule has 1 fully saturated rings. The van der Waals surface area contributed by atoms with Crippen molar-refractivity contribution in [1.29, 1.82) is 0 Å². The summed E-state index contributed by atoms with van der Waals surface area (Å²) in [6.07, 6.45) is 1.81. The topological polar surface area (TPSA) is 79.2 Å². The number of amidine groups is 1. The first-order chi connectivity index (χ1) is 13.0. The Morgan fingerprint density at radius 1 is 1.26 bits per heavy atom. The van der Waals surface area contributed by atoms with Gasteiger partial charge in [0, 0.05) is 6.54 Å². The Bertz CT molecular complexity index is 935. The number of benzene rings is 2. The molecule has 1 aliphatic rings. The van der Waals surface area contributed by atoms with Gasteiger partial charge in [0.1, 0.15) is 5.75 Å².